The van der Waals surface area contributed by atoms with Crippen molar-refractivity contribution >= 4 is 24.8 Å². The van der Waals surface area contributed by atoms with Gasteiger partial charge in [-0.05, 0) is 58.7 Å². The van der Waals surface area contributed by atoms with Gasteiger partial charge in [-0.2, -0.15) is 0 Å². The van der Waals surface area contributed by atoms with E-state index in [-0.39, 0.29) is 24.8 Å². The van der Waals surface area contributed by atoms with Crippen molar-refractivity contribution in [1.82, 2.24) is 10.2 Å². The molecule has 4 atom stereocenters. The molecule has 2 unspecified atom stereocenters. The Hall–Kier alpha value is 0.500. The van der Waals surface area contributed by atoms with Gasteiger partial charge in [0.2, 0.25) is 0 Å². The molecule has 0 bridgehead atoms. The minimum atomic E-state index is 0. The predicted molar refractivity (Wildman–Crippen MR) is 70.3 cm³/mol. The van der Waals surface area contributed by atoms with Crippen molar-refractivity contribution in [3.05, 3.63) is 0 Å². The summed E-state index contributed by atoms with van der Waals surface area (Å²) in [5.41, 5.74) is 0. The fourth-order valence-electron chi connectivity index (χ4n) is 3.24. The quantitative estimate of drug-likeness (QED) is 0.813. The van der Waals surface area contributed by atoms with E-state index in [9.17, 15) is 0 Å². The molecule has 0 aromatic rings. The second kappa shape index (κ2) is 6.29. The highest BCUT2D eigenvalue weighted by atomic mass is 35.5. The summed E-state index contributed by atoms with van der Waals surface area (Å²) in [6.45, 7) is 0. The molecule has 2 fully saturated rings. The van der Waals surface area contributed by atoms with Crippen LogP contribution >= 0.6 is 24.8 Å². The first-order valence-electron chi connectivity index (χ1n) is 5.54. The first-order chi connectivity index (χ1) is 6.20. The van der Waals surface area contributed by atoms with Gasteiger partial charge in [0.05, 0.1) is 0 Å². The molecular weight excluding hydrogens is 231 g/mol. The Labute approximate surface area is 106 Å². The molecule has 92 valence electrons. The van der Waals surface area contributed by atoms with Gasteiger partial charge < -0.3 is 10.2 Å². The van der Waals surface area contributed by atoms with Crippen molar-refractivity contribution in [2.24, 2.45) is 11.8 Å². The molecule has 2 aliphatic rings. The normalized spacial score (nSPS) is 38.4. The van der Waals surface area contributed by atoms with Crippen LogP contribution in [-0.2, 0) is 0 Å². The first kappa shape index (κ1) is 15.5. The van der Waals surface area contributed by atoms with Crippen LogP contribution in [0.25, 0.3) is 0 Å². The van der Waals surface area contributed by atoms with Crippen LogP contribution in [0.1, 0.15) is 25.7 Å². The molecule has 4 heteroatoms. The summed E-state index contributed by atoms with van der Waals surface area (Å²) in [5, 5.41) is 3.42. The van der Waals surface area contributed by atoms with E-state index in [2.05, 4.69) is 31.4 Å². The van der Waals surface area contributed by atoms with E-state index in [4.69, 9.17) is 0 Å². The summed E-state index contributed by atoms with van der Waals surface area (Å²) in [7, 11) is 6.55. The molecule has 0 aromatic carbocycles. The summed E-state index contributed by atoms with van der Waals surface area (Å²) in [4.78, 5) is 2.41. The van der Waals surface area contributed by atoms with E-state index in [0.29, 0.717) is 0 Å². The molecule has 15 heavy (non-hydrogen) atoms. The van der Waals surface area contributed by atoms with E-state index < -0.39 is 0 Å². The lowest BCUT2D eigenvalue weighted by Crippen LogP contribution is -2.28. The molecule has 2 nitrogen and oxygen atoms in total. The topological polar surface area (TPSA) is 15.3 Å². The SMILES string of the molecule is CNC1C[C@@H]2CC(N(C)C)C[C@@H]2C1.Cl.Cl. The van der Waals surface area contributed by atoms with Gasteiger partial charge >= 0.3 is 0 Å². The van der Waals surface area contributed by atoms with E-state index in [1.165, 1.54) is 25.7 Å². The summed E-state index contributed by atoms with van der Waals surface area (Å²) in [5.74, 6) is 2.04. The van der Waals surface area contributed by atoms with Gasteiger partial charge in [0.1, 0.15) is 0 Å². The van der Waals surface area contributed by atoms with Gasteiger partial charge in [-0.15, -0.1) is 24.8 Å². The minimum absolute atomic E-state index is 0. The zero-order valence-corrected chi connectivity index (χ0v) is 11.5. The van der Waals surface area contributed by atoms with Crippen molar-refractivity contribution in [3.63, 3.8) is 0 Å². The zero-order valence-electron chi connectivity index (χ0n) is 9.90. The average molecular weight is 255 g/mol. The Bertz CT molecular complexity index is 173. The number of halogens is 2. The maximum Gasteiger partial charge on any atom is 0.00946 e. The molecule has 0 aliphatic heterocycles. The standard InChI is InChI=1S/C11H22N2.2ClH/c1-12-10-4-8-6-11(13(2)3)7-9(8)5-10;;/h8-12H,4-7H2,1-3H3;2*1H/t8-,9+,10?,11?;;. The maximum atomic E-state index is 3.42. The van der Waals surface area contributed by atoms with Crippen LogP contribution in [0.4, 0.5) is 0 Å². The number of rotatable bonds is 2. The van der Waals surface area contributed by atoms with Crippen LogP contribution in [0.3, 0.4) is 0 Å². The van der Waals surface area contributed by atoms with Gasteiger partial charge in [0, 0.05) is 12.1 Å². The minimum Gasteiger partial charge on any atom is -0.317 e. The van der Waals surface area contributed by atoms with Gasteiger partial charge in [-0.3, -0.25) is 0 Å². The van der Waals surface area contributed by atoms with Crippen LogP contribution in [0.15, 0.2) is 0 Å². The molecule has 0 amide bonds. The molecule has 0 heterocycles. The average Bonchev–Trinajstić information content (AvgIpc) is 2.58. The maximum absolute atomic E-state index is 3.42. The smallest absolute Gasteiger partial charge is 0.00946 e. The molecular formula is C11H24Cl2N2. The fraction of sp³-hybridized carbons (Fsp3) is 1.00. The Morgan fingerprint density at radius 1 is 0.933 bits per heavy atom. The molecule has 0 radical (unpaired) electrons. The summed E-state index contributed by atoms with van der Waals surface area (Å²) in [6, 6.07) is 1.69. The largest absolute Gasteiger partial charge is 0.317 e. The van der Waals surface area contributed by atoms with Crippen molar-refractivity contribution < 1.29 is 0 Å². The highest BCUT2D eigenvalue weighted by molar-refractivity contribution is 5.85. The van der Waals surface area contributed by atoms with Gasteiger partial charge in [0.15, 0.2) is 0 Å². The summed E-state index contributed by atoms with van der Waals surface area (Å²) < 4.78 is 0. The van der Waals surface area contributed by atoms with Gasteiger partial charge in [-0.25, -0.2) is 0 Å². The van der Waals surface area contributed by atoms with Crippen LogP contribution in [0, 0.1) is 11.8 Å². The van der Waals surface area contributed by atoms with E-state index in [1.54, 1.807) is 0 Å². The predicted octanol–water partition coefficient (Wildman–Crippen LogP) is 2.17. The van der Waals surface area contributed by atoms with Crippen molar-refractivity contribution in [2.45, 2.75) is 37.8 Å². The molecule has 0 spiro atoms. The lowest BCUT2D eigenvalue weighted by atomic mass is 10.0. The third-order valence-corrected chi connectivity index (χ3v) is 4.13. The Balaban J connectivity index is 0.000000980. The number of nitrogens with one attached hydrogen (secondary N) is 1. The lowest BCUT2D eigenvalue weighted by Gasteiger charge is -2.20. The van der Waals surface area contributed by atoms with E-state index >= 15 is 0 Å². The van der Waals surface area contributed by atoms with Crippen molar-refractivity contribution in [3.8, 4) is 0 Å². The van der Waals surface area contributed by atoms with Crippen LogP contribution < -0.4 is 5.32 Å². The van der Waals surface area contributed by atoms with Gasteiger partial charge in [-0.1, -0.05) is 0 Å². The van der Waals surface area contributed by atoms with E-state index in [0.717, 1.165) is 23.9 Å². The highest BCUT2D eigenvalue weighted by Crippen LogP contribution is 2.45. The number of hydrogen-bond donors (Lipinski definition) is 1. The van der Waals surface area contributed by atoms with Crippen molar-refractivity contribution in [1.29, 1.82) is 0 Å². The Morgan fingerprint density at radius 3 is 1.73 bits per heavy atom. The molecule has 0 saturated heterocycles. The zero-order chi connectivity index (χ0) is 9.42. The monoisotopic (exact) mass is 254 g/mol. The van der Waals surface area contributed by atoms with Crippen LogP contribution in [-0.4, -0.2) is 38.1 Å². The van der Waals surface area contributed by atoms with Crippen molar-refractivity contribution in [2.75, 3.05) is 21.1 Å². The fourth-order valence-corrected chi connectivity index (χ4v) is 3.24. The Morgan fingerprint density at radius 2 is 1.40 bits per heavy atom. The highest BCUT2D eigenvalue weighted by Gasteiger charge is 2.41. The summed E-state index contributed by atoms with van der Waals surface area (Å²) in [6.07, 6.45) is 5.72. The number of fused-ring (bicyclic) bond motifs is 1. The second-order valence-corrected chi connectivity index (χ2v) is 5.07. The second-order valence-electron chi connectivity index (χ2n) is 5.07. The van der Waals surface area contributed by atoms with Crippen LogP contribution in [0.2, 0.25) is 0 Å². The van der Waals surface area contributed by atoms with Gasteiger partial charge in [0.25, 0.3) is 0 Å². The van der Waals surface area contributed by atoms with Crippen LogP contribution in [0.5, 0.6) is 0 Å². The first-order valence-corrected chi connectivity index (χ1v) is 5.54. The third-order valence-electron chi connectivity index (χ3n) is 4.13. The van der Waals surface area contributed by atoms with E-state index in [1.807, 2.05) is 0 Å². The summed E-state index contributed by atoms with van der Waals surface area (Å²) >= 11 is 0. The molecule has 2 rings (SSSR count). The molecule has 1 N–H and O–H groups in total. The molecule has 0 aromatic heterocycles. The number of hydrogen-bond acceptors (Lipinski definition) is 2. The number of nitrogens with zero attached hydrogens (tertiary/aromatic N) is 1. The molecule has 2 saturated carbocycles. The molecule has 2 aliphatic carbocycles. The Kier molecular flexibility index (Phi) is 6.50. The lowest BCUT2D eigenvalue weighted by molar-refractivity contribution is 0.279. The third kappa shape index (κ3) is 3.23.